The second-order valence-corrected chi connectivity index (χ2v) is 8.88. The van der Waals surface area contributed by atoms with Crippen molar-refractivity contribution in [3.63, 3.8) is 0 Å². The predicted molar refractivity (Wildman–Crippen MR) is 117 cm³/mol. The van der Waals surface area contributed by atoms with E-state index in [0.717, 1.165) is 5.39 Å². The van der Waals surface area contributed by atoms with Gasteiger partial charge in [0.25, 0.3) is 11.9 Å². The van der Waals surface area contributed by atoms with E-state index < -0.39 is 11.6 Å². The van der Waals surface area contributed by atoms with Crippen LogP contribution in [0.5, 0.6) is 0 Å². The van der Waals surface area contributed by atoms with Gasteiger partial charge < -0.3 is 15.5 Å². The molecule has 0 bridgehead atoms. The van der Waals surface area contributed by atoms with E-state index in [1.54, 1.807) is 13.0 Å². The van der Waals surface area contributed by atoms with Gasteiger partial charge >= 0.3 is 5.97 Å². The molecule has 3 N–H and O–H groups in total. The highest BCUT2D eigenvalue weighted by Gasteiger charge is 2.37. The normalized spacial score (nSPS) is 20.4. The van der Waals surface area contributed by atoms with E-state index in [0.29, 0.717) is 36.9 Å². The Balaban J connectivity index is 1.40. The third-order valence-corrected chi connectivity index (χ3v) is 6.37. The summed E-state index contributed by atoms with van der Waals surface area (Å²) in [4.78, 5) is 32.1. The Hall–Kier alpha value is -3.40. The SMILES string of the molecule is Cc1nn(-c2ncc(C(=O)NC3CCC(C(C)(O)CC(=O)O)CC3)cn2)c2cc(F)ccc12. The van der Waals surface area contributed by atoms with Crippen molar-refractivity contribution in [2.75, 3.05) is 0 Å². The third-order valence-electron chi connectivity index (χ3n) is 6.37. The highest BCUT2D eigenvalue weighted by atomic mass is 19.1. The lowest BCUT2D eigenvalue weighted by atomic mass is 9.75. The Morgan fingerprint density at radius 1 is 1.21 bits per heavy atom. The van der Waals surface area contributed by atoms with Crippen LogP contribution in [0.3, 0.4) is 0 Å². The molecule has 0 spiro atoms. The fourth-order valence-electron chi connectivity index (χ4n) is 4.52. The summed E-state index contributed by atoms with van der Waals surface area (Å²) in [7, 11) is 0. The van der Waals surface area contributed by atoms with Crippen LogP contribution in [0.1, 0.15) is 55.1 Å². The van der Waals surface area contributed by atoms with Gasteiger partial charge in [-0.1, -0.05) is 0 Å². The molecule has 9 nitrogen and oxygen atoms in total. The lowest BCUT2D eigenvalue weighted by molar-refractivity contribution is -0.144. The zero-order valence-corrected chi connectivity index (χ0v) is 18.5. The van der Waals surface area contributed by atoms with Crippen molar-refractivity contribution >= 4 is 22.8 Å². The molecular formula is C23H26FN5O4. The van der Waals surface area contributed by atoms with Gasteiger partial charge in [0.15, 0.2) is 0 Å². The summed E-state index contributed by atoms with van der Waals surface area (Å²) in [5.41, 5.74) is 0.286. The third kappa shape index (κ3) is 4.85. The van der Waals surface area contributed by atoms with Gasteiger partial charge in [0, 0.05) is 29.9 Å². The number of hydrogen-bond donors (Lipinski definition) is 3. The van der Waals surface area contributed by atoms with E-state index in [1.807, 2.05) is 6.92 Å². The number of hydrogen-bond acceptors (Lipinski definition) is 6. The van der Waals surface area contributed by atoms with E-state index in [2.05, 4.69) is 20.4 Å². The molecule has 1 fully saturated rings. The van der Waals surface area contributed by atoms with E-state index in [4.69, 9.17) is 5.11 Å². The Labute approximate surface area is 189 Å². The maximum Gasteiger partial charge on any atom is 0.306 e. The smallest absolute Gasteiger partial charge is 0.306 e. The van der Waals surface area contributed by atoms with Crippen LogP contribution in [0.15, 0.2) is 30.6 Å². The predicted octanol–water partition coefficient (Wildman–Crippen LogP) is 2.78. The number of halogens is 1. The number of amides is 1. The first-order chi connectivity index (χ1) is 15.6. The van der Waals surface area contributed by atoms with Crippen molar-refractivity contribution < 1.29 is 24.2 Å². The molecule has 10 heteroatoms. The van der Waals surface area contributed by atoms with Crippen LogP contribution < -0.4 is 5.32 Å². The van der Waals surface area contributed by atoms with Crippen LogP contribution in [0.25, 0.3) is 16.9 Å². The van der Waals surface area contributed by atoms with Gasteiger partial charge in [-0.2, -0.15) is 9.78 Å². The summed E-state index contributed by atoms with van der Waals surface area (Å²) in [5.74, 6) is -1.62. The Kier molecular flexibility index (Phi) is 6.11. The first kappa shape index (κ1) is 22.8. The lowest BCUT2D eigenvalue weighted by Crippen LogP contribution is -2.44. The monoisotopic (exact) mass is 455 g/mol. The molecule has 174 valence electrons. The standard InChI is InChI=1S/C23H26FN5O4/c1-13-18-8-5-16(24)9-19(18)29(28-13)22-25-11-14(12-26-22)21(32)27-17-6-3-15(4-7-17)23(2,33)10-20(30)31/h5,8-9,11-12,15,17,33H,3-4,6-7,10H2,1-2H3,(H,27,32)(H,30,31). The molecule has 2 aromatic heterocycles. The molecular weight excluding hydrogens is 429 g/mol. The largest absolute Gasteiger partial charge is 0.481 e. The molecule has 3 aromatic rings. The van der Waals surface area contributed by atoms with Crippen molar-refractivity contribution in [1.82, 2.24) is 25.1 Å². The topological polar surface area (TPSA) is 130 Å². The second-order valence-electron chi connectivity index (χ2n) is 8.88. The van der Waals surface area contributed by atoms with Crippen molar-refractivity contribution in [3.05, 3.63) is 47.7 Å². The molecule has 1 aliphatic rings. The van der Waals surface area contributed by atoms with Crippen molar-refractivity contribution in [3.8, 4) is 5.95 Å². The molecule has 1 aliphatic carbocycles. The molecule has 0 aliphatic heterocycles. The van der Waals surface area contributed by atoms with Gasteiger partial charge in [0.1, 0.15) is 5.82 Å². The van der Waals surface area contributed by atoms with Crippen molar-refractivity contribution in [1.29, 1.82) is 0 Å². The number of carboxylic acids is 1. The molecule has 1 amide bonds. The van der Waals surface area contributed by atoms with Crippen LogP contribution >= 0.6 is 0 Å². The molecule has 33 heavy (non-hydrogen) atoms. The number of fused-ring (bicyclic) bond motifs is 1. The number of carbonyl (C=O) groups excluding carboxylic acids is 1. The Morgan fingerprint density at radius 3 is 2.52 bits per heavy atom. The van der Waals surface area contributed by atoms with Gasteiger partial charge in [0.05, 0.1) is 28.8 Å². The quantitative estimate of drug-likeness (QED) is 0.521. The average molecular weight is 455 g/mol. The molecule has 0 saturated heterocycles. The van der Waals surface area contributed by atoms with Crippen LogP contribution in [0.4, 0.5) is 4.39 Å². The summed E-state index contributed by atoms with van der Waals surface area (Å²) in [5, 5.41) is 27.6. The average Bonchev–Trinajstić information content (AvgIpc) is 3.09. The molecule has 4 rings (SSSR count). The number of aromatic nitrogens is 4. The molecule has 1 unspecified atom stereocenters. The number of benzene rings is 1. The minimum Gasteiger partial charge on any atom is -0.481 e. The van der Waals surface area contributed by atoms with Crippen molar-refractivity contribution in [2.45, 2.75) is 57.6 Å². The molecule has 2 heterocycles. The summed E-state index contributed by atoms with van der Waals surface area (Å²) in [6, 6.07) is 4.32. The number of aliphatic carboxylic acids is 1. The Bertz CT molecular complexity index is 1180. The number of rotatable bonds is 6. The van der Waals surface area contributed by atoms with E-state index >= 15 is 0 Å². The maximum atomic E-state index is 13.7. The van der Waals surface area contributed by atoms with Crippen molar-refractivity contribution in [2.24, 2.45) is 5.92 Å². The minimum absolute atomic E-state index is 0.0743. The van der Waals surface area contributed by atoms with E-state index in [9.17, 15) is 19.1 Å². The summed E-state index contributed by atoms with van der Waals surface area (Å²) >= 11 is 0. The number of carbonyl (C=O) groups is 2. The number of nitrogens with one attached hydrogen (secondary N) is 1. The van der Waals surface area contributed by atoms with Crippen LogP contribution in [-0.2, 0) is 4.79 Å². The number of aryl methyl sites for hydroxylation is 1. The lowest BCUT2D eigenvalue weighted by Gasteiger charge is -2.37. The molecule has 1 aromatic carbocycles. The van der Waals surface area contributed by atoms with Gasteiger partial charge in [-0.25, -0.2) is 14.4 Å². The summed E-state index contributed by atoms with van der Waals surface area (Å²) in [6.07, 6.45) is 5.07. The minimum atomic E-state index is -1.26. The van der Waals surface area contributed by atoms with Crippen LogP contribution in [0.2, 0.25) is 0 Å². The highest BCUT2D eigenvalue weighted by Crippen LogP contribution is 2.34. The van der Waals surface area contributed by atoms with Crippen LogP contribution in [-0.4, -0.2) is 53.5 Å². The molecule has 1 saturated carbocycles. The first-order valence-electron chi connectivity index (χ1n) is 10.9. The van der Waals surface area contributed by atoms with Gasteiger partial charge in [0.2, 0.25) is 0 Å². The first-order valence-corrected chi connectivity index (χ1v) is 10.9. The van der Waals surface area contributed by atoms with E-state index in [1.165, 1.54) is 29.2 Å². The maximum absolute atomic E-state index is 13.7. The second kappa shape index (κ2) is 8.86. The number of nitrogens with zero attached hydrogens (tertiary/aromatic N) is 4. The summed E-state index contributed by atoms with van der Waals surface area (Å²) in [6.45, 7) is 3.37. The fourth-order valence-corrected chi connectivity index (χ4v) is 4.52. The van der Waals surface area contributed by atoms with E-state index in [-0.39, 0.29) is 41.6 Å². The van der Waals surface area contributed by atoms with Crippen LogP contribution in [0, 0.1) is 18.7 Å². The zero-order valence-electron chi connectivity index (χ0n) is 18.5. The van der Waals surface area contributed by atoms with Gasteiger partial charge in [-0.3, -0.25) is 9.59 Å². The number of aliphatic hydroxyl groups is 1. The highest BCUT2D eigenvalue weighted by molar-refractivity contribution is 5.93. The fraction of sp³-hybridized carbons (Fsp3) is 0.435. The zero-order chi connectivity index (χ0) is 23.8. The summed E-state index contributed by atoms with van der Waals surface area (Å²) < 4.78 is 15.1. The number of carboxylic acid groups (broad SMARTS) is 1. The van der Waals surface area contributed by atoms with Gasteiger partial charge in [-0.05, 0) is 57.6 Å². The molecule has 0 radical (unpaired) electrons. The Morgan fingerprint density at radius 2 is 1.88 bits per heavy atom. The molecule has 1 atom stereocenters. The van der Waals surface area contributed by atoms with Gasteiger partial charge in [-0.15, -0.1) is 0 Å².